The second-order valence-corrected chi connectivity index (χ2v) is 6.09. The van der Waals surface area contributed by atoms with E-state index in [1.165, 1.54) is 24.5 Å². The zero-order valence-corrected chi connectivity index (χ0v) is 15.2. The van der Waals surface area contributed by atoms with E-state index in [4.69, 9.17) is 0 Å². The van der Waals surface area contributed by atoms with Crippen LogP contribution in [0.2, 0.25) is 0 Å². The van der Waals surface area contributed by atoms with Gasteiger partial charge in [-0.2, -0.15) is 0 Å². The topological polar surface area (TPSA) is 91.5 Å². The van der Waals surface area contributed by atoms with Gasteiger partial charge in [-0.1, -0.05) is 60.7 Å². The Labute approximate surface area is 162 Å². The molecule has 6 heteroatoms. The highest BCUT2D eigenvalue weighted by molar-refractivity contribution is 5.19. The van der Waals surface area contributed by atoms with Crippen molar-refractivity contribution < 1.29 is 0 Å². The number of aromatic amines is 2. The first kappa shape index (κ1) is 19.0. The van der Waals surface area contributed by atoms with Crippen LogP contribution in [0.3, 0.4) is 0 Å². The molecule has 6 nitrogen and oxygen atoms in total. The van der Waals surface area contributed by atoms with Crippen LogP contribution in [-0.4, -0.2) is 19.9 Å². The molecule has 4 aromatic rings. The fourth-order valence-corrected chi connectivity index (χ4v) is 2.58. The molecular formula is C22H20N4O2. The Hall–Kier alpha value is -3.80. The van der Waals surface area contributed by atoms with E-state index in [-0.39, 0.29) is 11.1 Å². The molecule has 0 saturated carbocycles. The summed E-state index contributed by atoms with van der Waals surface area (Å²) in [6, 6.07) is 22.7. The average molecular weight is 372 g/mol. The second kappa shape index (κ2) is 9.78. The van der Waals surface area contributed by atoms with Crippen molar-refractivity contribution in [2.24, 2.45) is 0 Å². The van der Waals surface area contributed by atoms with Crippen molar-refractivity contribution in [1.29, 1.82) is 0 Å². The number of nitrogens with one attached hydrogen (secondary N) is 2. The zero-order valence-electron chi connectivity index (χ0n) is 15.2. The molecule has 0 spiro atoms. The molecule has 28 heavy (non-hydrogen) atoms. The first-order valence-corrected chi connectivity index (χ1v) is 8.85. The molecule has 0 radical (unpaired) electrons. The standard InChI is InChI=1S/2C11H10N2O/c2*14-11-6-7-12-10(13-11)8-9-4-2-1-3-5-9/h2*1-7H,8H2,(H,12,13,14). The highest BCUT2D eigenvalue weighted by Crippen LogP contribution is 2.03. The third-order valence-corrected chi connectivity index (χ3v) is 3.88. The van der Waals surface area contributed by atoms with Crippen LogP contribution in [0.25, 0.3) is 0 Å². The van der Waals surface area contributed by atoms with Crippen molar-refractivity contribution in [3.05, 3.63) is 129 Å². The van der Waals surface area contributed by atoms with E-state index in [0.717, 1.165) is 11.1 Å². The normalized spacial score (nSPS) is 10.0. The fourth-order valence-electron chi connectivity index (χ4n) is 2.58. The number of rotatable bonds is 4. The van der Waals surface area contributed by atoms with E-state index in [1.54, 1.807) is 0 Å². The Bertz CT molecular complexity index is 1010. The predicted molar refractivity (Wildman–Crippen MR) is 108 cm³/mol. The van der Waals surface area contributed by atoms with E-state index in [9.17, 15) is 9.59 Å². The number of hydrogen-bond acceptors (Lipinski definition) is 4. The maximum atomic E-state index is 11.0. The molecule has 0 amide bonds. The van der Waals surface area contributed by atoms with Crippen LogP contribution in [0.4, 0.5) is 0 Å². The monoisotopic (exact) mass is 372 g/mol. The molecule has 140 valence electrons. The van der Waals surface area contributed by atoms with Crippen molar-refractivity contribution in [3.63, 3.8) is 0 Å². The van der Waals surface area contributed by atoms with Crippen LogP contribution in [0, 0.1) is 0 Å². The summed E-state index contributed by atoms with van der Waals surface area (Å²) in [6.45, 7) is 0. The Balaban J connectivity index is 0.000000161. The van der Waals surface area contributed by atoms with Gasteiger partial charge in [-0.25, -0.2) is 9.97 Å². The molecule has 2 heterocycles. The molecule has 4 rings (SSSR count). The first-order valence-electron chi connectivity index (χ1n) is 8.85. The summed E-state index contributed by atoms with van der Waals surface area (Å²) in [4.78, 5) is 35.5. The molecule has 0 saturated heterocycles. The number of hydrogen-bond donors (Lipinski definition) is 2. The van der Waals surface area contributed by atoms with Crippen molar-refractivity contribution in [2.45, 2.75) is 12.8 Å². The van der Waals surface area contributed by atoms with Crippen molar-refractivity contribution >= 4 is 0 Å². The van der Waals surface area contributed by atoms with Gasteiger partial charge in [-0.3, -0.25) is 9.59 Å². The van der Waals surface area contributed by atoms with Crippen LogP contribution >= 0.6 is 0 Å². The third kappa shape index (κ3) is 6.17. The molecule has 0 atom stereocenters. The molecule has 0 unspecified atom stereocenters. The minimum Gasteiger partial charge on any atom is -0.310 e. The van der Waals surface area contributed by atoms with Crippen molar-refractivity contribution in [1.82, 2.24) is 19.9 Å². The lowest BCUT2D eigenvalue weighted by atomic mass is 10.1. The van der Waals surface area contributed by atoms with Crippen LogP contribution in [0.1, 0.15) is 22.8 Å². The van der Waals surface area contributed by atoms with Gasteiger partial charge in [0, 0.05) is 37.4 Å². The smallest absolute Gasteiger partial charge is 0.250 e. The molecule has 2 N–H and O–H groups in total. The summed E-state index contributed by atoms with van der Waals surface area (Å²) in [6.07, 6.45) is 4.38. The maximum Gasteiger partial charge on any atom is 0.250 e. The summed E-state index contributed by atoms with van der Waals surface area (Å²) in [7, 11) is 0. The van der Waals surface area contributed by atoms with Crippen molar-refractivity contribution in [3.8, 4) is 0 Å². The Morgan fingerprint density at radius 3 is 1.32 bits per heavy atom. The SMILES string of the molecule is O=c1ccnc(Cc2ccccc2)[nH]1.O=c1ccnc(Cc2ccccc2)[nH]1. The van der Waals surface area contributed by atoms with Gasteiger partial charge in [-0.05, 0) is 11.1 Å². The van der Waals surface area contributed by atoms with E-state index in [2.05, 4.69) is 19.9 Å². The molecule has 2 aromatic heterocycles. The first-order chi connectivity index (χ1) is 13.7. The molecule has 0 bridgehead atoms. The van der Waals surface area contributed by atoms with Gasteiger partial charge in [0.05, 0.1) is 0 Å². The zero-order chi connectivity index (χ0) is 19.6. The highest BCUT2D eigenvalue weighted by atomic mass is 16.1. The molecule has 0 fully saturated rings. The number of nitrogens with zero attached hydrogens (tertiary/aromatic N) is 2. The molecule has 2 aromatic carbocycles. The van der Waals surface area contributed by atoms with Crippen LogP contribution < -0.4 is 11.1 Å². The van der Waals surface area contributed by atoms with Crippen molar-refractivity contribution in [2.75, 3.05) is 0 Å². The highest BCUT2D eigenvalue weighted by Gasteiger charge is 1.97. The van der Waals surface area contributed by atoms with Gasteiger partial charge in [0.25, 0.3) is 11.1 Å². The Morgan fingerprint density at radius 2 is 0.964 bits per heavy atom. The van der Waals surface area contributed by atoms with Gasteiger partial charge < -0.3 is 9.97 Å². The third-order valence-electron chi connectivity index (χ3n) is 3.88. The van der Waals surface area contributed by atoms with Gasteiger partial charge in [-0.15, -0.1) is 0 Å². The van der Waals surface area contributed by atoms with E-state index in [0.29, 0.717) is 24.5 Å². The average Bonchev–Trinajstić information content (AvgIpc) is 2.70. The van der Waals surface area contributed by atoms with Gasteiger partial charge in [0.2, 0.25) is 0 Å². The summed E-state index contributed by atoms with van der Waals surface area (Å²) in [5.41, 5.74) is 2.07. The molecule has 0 aliphatic carbocycles. The predicted octanol–water partition coefficient (Wildman–Crippen LogP) is 2.72. The maximum absolute atomic E-state index is 11.0. The van der Waals surface area contributed by atoms with E-state index < -0.39 is 0 Å². The summed E-state index contributed by atoms with van der Waals surface area (Å²) in [5.74, 6) is 1.40. The molecular weight excluding hydrogens is 352 g/mol. The fraction of sp³-hybridized carbons (Fsp3) is 0.0909. The Kier molecular flexibility index (Phi) is 6.62. The van der Waals surface area contributed by atoms with Gasteiger partial charge in [0.1, 0.15) is 11.6 Å². The summed E-state index contributed by atoms with van der Waals surface area (Å²) >= 11 is 0. The lowest BCUT2D eigenvalue weighted by molar-refractivity contribution is 0.945. The molecule has 0 aliphatic heterocycles. The lowest BCUT2D eigenvalue weighted by Crippen LogP contribution is -2.08. The number of aromatic nitrogens is 4. The molecule has 0 aliphatic rings. The van der Waals surface area contributed by atoms with Crippen LogP contribution in [0.5, 0.6) is 0 Å². The minimum atomic E-state index is -0.106. The number of benzene rings is 2. The summed E-state index contributed by atoms with van der Waals surface area (Å²) in [5, 5.41) is 0. The Morgan fingerprint density at radius 1 is 0.571 bits per heavy atom. The minimum absolute atomic E-state index is 0.106. The largest absolute Gasteiger partial charge is 0.310 e. The lowest BCUT2D eigenvalue weighted by Gasteiger charge is -1.99. The van der Waals surface area contributed by atoms with Crippen LogP contribution in [0.15, 0.2) is 94.8 Å². The summed E-state index contributed by atoms with van der Waals surface area (Å²) < 4.78 is 0. The van der Waals surface area contributed by atoms with Crippen LogP contribution in [-0.2, 0) is 12.8 Å². The van der Waals surface area contributed by atoms with Gasteiger partial charge in [0.15, 0.2) is 0 Å². The van der Waals surface area contributed by atoms with E-state index >= 15 is 0 Å². The van der Waals surface area contributed by atoms with Gasteiger partial charge >= 0.3 is 0 Å². The second-order valence-electron chi connectivity index (χ2n) is 6.09. The van der Waals surface area contributed by atoms with E-state index in [1.807, 2.05) is 60.7 Å². The quantitative estimate of drug-likeness (QED) is 0.576. The number of H-pyrrole nitrogens is 2.